The summed E-state index contributed by atoms with van der Waals surface area (Å²) in [7, 11) is 2.13. The molecule has 86 valence electrons. The van der Waals surface area contributed by atoms with Crippen LogP contribution in [0.4, 0.5) is 0 Å². The summed E-state index contributed by atoms with van der Waals surface area (Å²) in [6.07, 6.45) is 2.37. The van der Waals surface area contributed by atoms with E-state index in [2.05, 4.69) is 24.9 Å². The first-order valence-electron chi connectivity index (χ1n) is 5.69. The van der Waals surface area contributed by atoms with Gasteiger partial charge in [0.25, 0.3) is 0 Å². The van der Waals surface area contributed by atoms with Crippen molar-refractivity contribution in [1.29, 1.82) is 5.26 Å². The van der Waals surface area contributed by atoms with E-state index in [1.165, 1.54) is 0 Å². The molecule has 0 aromatic rings. The SMILES string of the molecule is CC1OCCC1N(C)CCC(C)(C)C#N. The lowest BCUT2D eigenvalue weighted by Gasteiger charge is -2.28. The fraction of sp³-hybridized carbons (Fsp3) is 0.917. The van der Waals surface area contributed by atoms with Crippen molar-refractivity contribution in [3.05, 3.63) is 0 Å². The molecule has 1 fully saturated rings. The van der Waals surface area contributed by atoms with Gasteiger partial charge in [-0.25, -0.2) is 0 Å². The Bertz CT molecular complexity index is 244. The van der Waals surface area contributed by atoms with Gasteiger partial charge < -0.3 is 9.64 Å². The molecule has 0 aromatic carbocycles. The summed E-state index contributed by atoms with van der Waals surface area (Å²) in [6, 6.07) is 2.87. The van der Waals surface area contributed by atoms with E-state index in [-0.39, 0.29) is 5.41 Å². The molecule has 1 rings (SSSR count). The normalized spacial score (nSPS) is 26.9. The third-order valence-electron chi connectivity index (χ3n) is 3.29. The summed E-state index contributed by atoms with van der Waals surface area (Å²) in [5.74, 6) is 0. The van der Waals surface area contributed by atoms with Gasteiger partial charge >= 0.3 is 0 Å². The second-order valence-corrected chi connectivity index (χ2v) is 5.16. The van der Waals surface area contributed by atoms with E-state index in [9.17, 15) is 0 Å². The Balaban J connectivity index is 2.36. The molecule has 0 saturated carbocycles. The van der Waals surface area contributed by atoms with Crippen molar-refractivity contribution >= 4 is 0 Å². The lowest BCUT2D eigenvalue weighted by atomic mass is 9.91. The maximum absolute atomic E-state index is 8.93. The molecule has 1 saturated heterocycles. The zero-order valence-corrected chi connectivity index (χ0v) is 10.3. The van der Waals surface area contributed by atoms with E-state index >= 15 is 0 Å². The zero-order chi connectivity index (χ0) is 11.5. The van der Waals surface area contributed by atoms with E-state index in [1.54, 1.807) is 0 Å². The molecule has 0 bridgehead atoms. The van der Waals surface area contributed by atoms with Gasteiger partial charge in [-0.3, -0.25) is 0 Å². The van der Waals surface area contributed by atoms with Crippen molar-refractivity contribution < 1.29 is 4.74 Å². The quantitative estimate of drug-likeness (QED) is 0.712. The summed E-state index contributed by atoms with van der Waals surface area (Å²) in [5.41, 5.74) is -0.211. The molecule has 0 N–H and O–H groups in total. The van der Waals surface area contributed by atoms with Crippen molar-refractivity contribution in [2.75, 3.05) is 20.2 Å². The van der Waals surface area contributed by atoms with Crippen LogP contribution in [0.3, 0.4) is 0 Å². The zero-order valence-electron chi connectivity index (χ0n) is 10.3. The lowest BCUT2D eigenvalue weighted by Crippen LogP contribution is -2.38. The molecule has 1 aliphatic rings. The molecule has 15 heavy (non-hydrogen) atoms. The Hall–Kier alpha value is -0.590. The van der Waals surface area contributed by atoms with Gasteiger partial charge in [-0.1, -0.05) is 0 Å². The van der Waals surface area contributed by atoms with Gasteiger partial charge in [-0.2, -0.15) is 5.26 Å². The van der Waals surface area contributed by atoms with Crippen LogP contribution in [0.2, 0.25) is 0 Å². The first-order chi connectivity index (χ1) is 6.96. The fourth-order valence-electron chi connectivity index (χ4n) is 1.98. The van der Waals surface area contributed by atoms with Crippen LogP contribution < -0.4 is 0 Å². The van der Waals surface area contributed by atoms with Crippen molar-refractivity contribution in [3.8, 4) is 6.07 Å². The minimum atomic E-state index is -0.211. The number of hydrogen-bond donors (Lipinski definition) is 0. The molecule has 0 aromatic heterocycles. The summed E-state index contributed by atoms with van der Waals surface area (Å²) in [4.78, 5) is 2.33. The van der Waals surface area contributed by atoms with Gasteiger partial charge in [0.1, 0.15) is 0 Å². The third-order valence-corrected chi connectivity index (χ3v) is 3.29. The smallest absolute Gasteiger partial charge is 0.0702 e. The van der Waals surface area contributed by atoms with Gasteiger partial charge in [0.15, 0.2) is 0 Å². The second kappa shape index (κ2) is 4.96. The van der Waals surface area contributed by atoms with Crippen LogP contribution in [0.15, 0.2) is 0 Å². The molecule has 0 amide bonds. The lowest BCUT2D eigenvalue weighted by molar-refractivity contribution is 0.0810. The molecule has 1 aliphatic heterocycles. The predicted octanol–water partition coefficient (Wildman–Crippen LogP) is 2.04. The molecule has 0 radical (unpaired) electrons. The van der Waals surface area contributed by atoms with Crippen LogP contribution in [-0.2, 0) is 4.74 Å². The van der Waals surface area contributed by atoms with Crippen LogP contribution in [-0.4, -0.2) is 37.2 Å². The molecule has 0 aliphatic carbocycles. The summed E-state index contributed by atoms with van der Waals surface area (Å²) in [5, 5.41) is 8.93. The summed E-state index contributed by atoms with van der Waals surface area (Å²) in [6.45, 7) is 7.96. The molecular weight excluding hydrogens is 188 g/mol. The Kier molecular flexibility index (Phi) is 4.12. The first-order valence-corrected chi connectivity index (χ1v) is 5.69. The van der Waals surface area contributed by atoms with E-state index < -0.39 is 0 Å². The van der Waals surface area contributed by atoms with Crippen molar-refractivity contribution in [1.82, 2.24) is 4.90 Å². The molecular formula is C12H22N2O. The maximum atomic E-state index is 8.93. The molecule has 3 nitrogen and oxygen atoms in total. The minimum absolute atomic E-state index is 0.211. The summed E-state index contributed by atoms with van der Waals surface area (Å²) >= 11 is 0. The van der Waals surface area contributed by atoms with Gasteiger partial charge in [0.2, 0.25) is 0 Å². The number of ether oxygens (including phenoxy) is 1. The van der Waals surface area contributed by atoms with E-state index in [0.717, 1.165) is 26.0 Å². The molecule has 0 spiro atoms. The van der Waals surface area contributed by atoms with Crippen LogP contribution in [0.5, 0.6) is 0 Å². The Labute approximate surface area is 93.0 Å². The standard InChI is InChI=1S/C12H22N2O/c1-10-11(5-8-15-10)14(4)7-6-12(2,3)9-13/h10-11H,5-8H2,1-4H3. The Morgan fingerprint density at radius 3 is 2.67 bits per heavy atom. The number of hydrogen-bond acceptors (Lipinski definition) is 3. The van der Waals surface area contributed by atoms with Gasteiger partial charge in [-0.15, -0.1) is 0 Å². The van der Waals surface area contributed by atoms with Crippen molar-refractivity contribution in [3.63, 3.8) is 0 Å². The van der Waals surface area contributed by atoms with Crippen LogP contribution in [0.25, 0.3) is 0 Å². The van der Waals surface area contributed by atoms with Crippen LogP contribution >= 0.6 is 0 Å². The molecule has 3 heteroatoms. The summed E-state index contributed by atoms with van der Waals surface area (Å²) < 4.78 is 5.54. The van der Waals surface area contributed by atoms with Crippen LogP contribution in [0.1, 0.15) is 33.6 Å². The first kappa shape index (κ1) is 12.5. The number of likely N-dealkylation sites (N-methyl/N-ethyl adjacent to an activating group) is 1. The second-order valence-electron chi connectivity index (χ2n) is 5.16. The topological polar surface area (TPSA) is 36.3 Å². The predicted molar refractivity (Wildman–Crippen MR) is 60.5 cm³/mol. The highest BCUT2D eigenvalue weighted by molar-refractivity contribution is 4.92. The highest BCUT2D eigenvalue weighted by Crippen LogP contribution is 2.22. The Morgan fingerprint density at radius 1 is 1.53 bits per heavy atom. The van der Waals surface area contributed by atoms with E-state index in [0.29, 0.717) is 12.1 Å². The van der Waals surface area contributed by atoms with Crippen molar-refractivity contribution in [2.45, 2.75) is 45.8 Å². The average Bonchev–Trinajstić information content (AvgIpc) is 2.61. The minimum Gasteiger partial charge on any atom is -0.377 e. The largest absolute Gasteiger partial charge is 0.377 e. The van der Waals surface area contributed by atoms with Gasteiger partial charge in [-0.05, 0) is 47.2 Å². The highest BCUT2D eigenvalue weighted by atomic mass is 16.5. The molecule has 2 unspecified atom stereocenters. The van der Waals surface area contributed by atoms with E-state index in [1.807, 2.05) is 13.8 Å². The highest BCUT2D eigenvalue weighted by Gasteiger charge is 2.28. The molecule has 1 heterocycles. The fourth-order valence-corrected chi connectivity index (χ4v) is 1.98. The average molecular weight is 210 g/mol. The molecule has 2 atom stereocenters. The number of nitriles is 1. The maximum Gasteiger partial charge on any atom is 0.0702 e. The monoisotopic (exact) mass is 210 g/mol. The Morgan fingerprint density at radius 2 is 2.20 bits per heavy atom. The number of nitrogens with zero attached hydrogens (tertiary/aromatic N) is 2. The number of rotatable bonds is 4. The van der Waals surface area contributed by atoms with Gasteiger partial charge in [0, 0.05) is 12.6 Å². The van der Waals surface area contributed by atoms with Gasteiger partial charge in [0.05, 0.1) is 17.6 Å². The van der Waals surface area contributed by atoms with Crippen LogP contribution in [0, 0.1) is 16.7 Å². The van der Waals surface area contributed by atoms with E-state index in [4.69, 9.17) is 10.00 Å². The third kappa shape index (κ3) is 3.48. The van der Waals surface area contributed by atoms with Crippen molar-refractivity contribution in [2.24, 2.45) is 5.41 Å².